The highest BCUT2D eigenvalue weighted by atomic mass is 16.6. The van der Waals surface area contributed by atoms with E-state index in [2.05, 4.69) is 0 Å². The summed E-state index contributed by atoms with van der Waals surface area (Å²) >= 11 is 0. The van der Waals surface area contributed by atoms with Gasteiger partial charge in [-0.25, -0.2) is 5.90 Å². The lowest BCUT2D eigenvalue weighted by atomic mass is 9.98. The van der Waals surface area contributed by atoms with Gasteiger partial charge in [-0.2, -0.15) is 0 Å². The van der Waals surface area contributed by atoms with Crippen molar-refractivity contribution in [2.24, 2.45) is 5.90 Å². The van der Waals surface area contributed by atoms with Crippen LogP contribution in [0.3, 0.4) is 0 Å². The first-order chi connectivity index (χ1) is 6.57. The van der Waals surface area contributed by atoms with Gasteiger partial charge in [-0.15, -0.1) is 0 Å². The van der Waals surface area contributed by atoms with E-state index >= 15 is 0 Å². The van der Waals surface area contributed by atoms with Crippen molar-refractivity contribution < 1.29 is 9.57 Å². The molecule has 0 aliphatic heterocycles. The van der Waals surface area contributed by atoms with Gasteiger partial charge in [0.05, 0.1) is 12.7 Å². The number of hydrogen-bond donors (Lipinski definition) is 1. The fourth-order valence-electron chi connectivity index (χ4n) is 1.32. The molecule has 1 rings (SSSR count). The summed E-state index contributed by atoms with van der Waals surface area (Å²) in [5.41, 5.74) is 0.812. The number of hydrogen-bond acceptors (Lipinski definition) is 3. The van der Waals surface area contributed by atoms with E-state index < -0.39 is 0 Å². The van der Waals surface area contributed by atoms with Crippen LogP contribution in [0.15, 0.2) is 24.3 Å². The molecule has 0 saturated heterocycles. The van der Waals surface area contributed by atoms with Crippen LogP contribution < -0.4 is 10.6 Å². The summed E-state index contributed by atoms with van der Waals surface area (Å²) in [6.45, 7) is 3.90. The SMILES string of the molecule is COc1cccc(CC(C)(C)ON)c1. The van der Waals surface area contributed by atoms with E-state index in [1.807, 2.05) is 38.1 Å². The number of ether oxygens (including phenoxy) is 1. The van der Waals surface area contributed by atoms with E-state index in [4.69, 9.17) is 15.5 Å². The zero-order chi connectivity index (χ0) is 10.6. The molecule has 1 aromatic carbocycles. The molecule has 3 heteroatoms. The van der Waals surface area contributed by atoms with Crippen molar-refractivity contribution in [3.8, 4) is 5.75 Å². The van der Waals surface area contributed by atoms with Crippen molar-refractivity contribution in [2.75, 3.05) is 7.11 Å². The van der Waals surface area contributed by atoms with E-state index in [1.54, 1.807) is 7.11 Å². The fraction of sp³-hybridized carbons (Fsp3) is 0.455. The zero-order valence-corrected chi connectivity index (χ0v) is 8.91. The molecule has 0 aromatic heterocycles. The lowest BCUT2D eigenvalue weighted by Gasteiger charge is -2.21. The van der Waals surface area contributed by atoms with Crippen molar-refractivity contribution in [3.05, 3.63) is 29.8 Å². The zero-order valence-electron chi connectivity index (χ0n) is 8.91. The third-order valence-electron chi connectivity index (χ3n) is 2.08. The molecule has 0 unspecified atom stereocenters. The summed E-state index contributed by atoms with van der Waals surface area (Å²) in [5.74, 6) is 6.05. The van der Waals surface area contributed by atoms with Gasteiger partial charge in [-0.3, -0.25) is 4.84 Å². The Morgan fingerprint density at radius 1 is 1.36 bits per heavy atom. The standard InChI is InChI=1S/C11H17NO2/c1-11(2,14-12)8-9-5-4-6-10(7-9)13-3/h4-7H,8,12H2,1-3H3. The Morgan fingerprint density at radius 2 is 2.07 bits per heavy atom. The van der Waals surface area contributed by atoms with E-state index in [1.165, 1.54) is 0 Å². The third-order valence-corrected chi connectivity index (χ3v) is 2.08. The average Bonchev–Trinajstić information content (AvgIpc) is 2.17. The highest BCUT2D eigenvalue weighted by Crippen LogP contribution is 2.19. The van der Waals surface area contributed by atoms with Gasteiger partial charge >= 0.3 is 0 Å². The van der Waals surface area contributed by atoms with E-state index in [0.717, 1.165) is 17.7 Å². The van der Waals surface area contributed by atoms with Crippen molar-refractivity contribution in [1.29, 1.82) is 0 Å². The first-order valence-electron chi connectivity index (χ1n) is 4.58. The first-order valence-corrected chi connectivity index (χ1v) is 4.58. The molecule has 0 aliphatic carbocycles. The third kappa shape index (κ3) is 3.01. The summed E-state index contributed by atoms with van der Waals surface area (Å²) in [5, 5.41) is 0. The smallest absolute Gasteiger partial charge is 0.119 e. The Bertz CT molecular complexity index is 297. The quantitative estimate of drug-likeness (QED) is 0.746. The average molecular weight is 195 g/mol. The Kier molecular flexibility index (Phi) is 3.49. The molecule has 0 heterocycles. The number of methoxy groups -OCH3 is 1. The number of rotatable bonds is 4. The molecule has 0 aliphatic rings. The lowest BCUT2D eigenvalue weighted by Crippen LogP contribution is -2.30. The largest absolute Gasteiger partial charge is 0.497 e. The molecule has 0 atom stereocenters. The van der Waals surface area contributed by atoms with Gasteiger partial charge in [0.2, 0.25) is 0 Å². The van der Waals surface area contributed by atoms with Crippen LogP contribution in [0.5, 0.6) is 5.75 Å². The van der Waals surface area contributed by atoms with Gasteiger partial charge < -0.3 is 4.74 Å². The minimum Gasteiger partial charge on any atom is -0.497 e. The van der Waals surface area contributed by atoms with Crippen LogP contribution in [0.25, 0.3) is 0 Å². The van der Waals surface area contributed by atoms with Crippen molar-refractivity contribution >= 4 is 0 Å². The normalized spacial score (nSPS) is 11.4. The fourth-order valence-corrected chi connectivity index (χ4v) is 1.32. The van der Waals surface area contributed by atoms with E-state index in [0.29, 0.717) is 0 Å². The minimum absolute atomic E-state index is 0.341. The molecule has 0 fully saturated rings. The van der Waals surface area contributed by atoms with Gasteiger partial charge in [0.1, 0.15) is 5.75 Å². The van der Waals surface area contributed by atoms with Gasteiger partial charge in [-0.1, -0.05) is 12.1 Å². The molecule has 1 aromatic rings. The Morgan fingerprint density at radius 3 is 2.64 bits per heavy atom. The van der Waals surface area contributed by atoms with Crippen molar-refractivity contribution in [2.45, 2.75) is 25.9 Å². The lowest BCUT2D eigenvalue weighted by molar-refractivity contribution is -0.0187. The second-order valence-electron chi connectivity index (χ2n) is 3.91. The summed E-state index contributed by atoms with van der Waals surface area (Å²) in [6, 6.07) is 7.89. The summed E-state index contributed by atoms with van der Waals surface area (Å²) in [6.07, 6.45) is 0.765. The van der Waals surface area contributed by atoms with Crippen LogP contribution in [0.4, 0.5) is 0 Å². The predicted molar refractivity (Wildman–Crippen MR) is 56.0 cm³/mol. The molecule has 0 bridgehead atoms. The maximum Gasteiger partial charge on any atom is 0.119 e. The molecular weight excluding hydrogens is 178 g/mol. The maximum atomic E-state index is 5.19. The van der Waals surface area contributed by atoms with Gasteiger partial charge in [0.15, 0.2) is 0 Å². The Balaban J connectivity index is 2.76. The molecule has 78 valence electrons. The second-order valence-corrected chi connectivity index (χ2v) is 3.91. The molecule has 0 amide bonds. The molecule has 0 saturated carbocycles. The number of nitrogens with two attached hydrogens (primary N) is 1. The van der Waals surface area contributed by atoms with Crippen LogP contribution in [-0.4, -0.2) is 12.7 Å². The van der Waals surface area contributed by atoms with Crippen LogP contribution in [0.2, 0.25) is 0 Å². The number of benzene rings is 1. The van der Waals surface area contributed by atoms with Crippen LogP contribution >= 0.6 is 0 Å². The highest BCUT2D eigenvalue weighted by Gasteiger charge is 2.18. The molecule has 0 radical (unpaired) electrons. The van der Waals surface area contributed by atoms with E-state index in [-0.39, 0.29) is 5.60 Å². The monoisotopic (exact) mass is 195 g/mol. The minimum atomic E-state index is -0.341. The first kappa shape index (κ1) is 11.0. The van der Waals surface area contributed by atoms with Crippen molar-refractivity contribution in [3.63, 3.8) is 0 Å². The molecule has 2 N–H and O–H groups in total. The van der Waals surface area contributed by atoms with Gasteiger partial charge in [0, 0.05) is 6.42 Å². The van der Waals surface area contributed by atoms with Crippen LogP contribution in [-0.2, 0) is 11.3 Å². The highest BCUT2D eigenvalue weighted by molar-refractivity contribution is 5.29. The molecule has 14 heavy (non-hydrogen) atoms. The summed E-state index contributed by atoms with van der Waals surface area (Å²) in [7, 11) is 1.66. The van der Waals surface area contributed by atoms with Crippen LogP contribution in [0.1, 0.15) is 19.4 Å². The maximum absolute atomic E-state index is 5.19. The van der Waals surface area contributed by atoms with E-state index in [9.17, 15) is 0 Å². The topological polar surface area (TPSA) is 44.5 Å². The predicted octanol–water partition coefficient (Wildman–Crippen LogP) is 1.91. The Hall–Kier alpha value is -1.06. The molecule has 0 spiro atoms. The summed E-state index contributed by atoms with van der Waals surface area (Å²) in [4.78, 5) is 4.87. The molecular formula is C11H17NO2. The van der Waals surface area contributed by atoms with Gasteiger partial charge in [0.25, 0.3) is 0 Å². The second kappa shape index (κ2) is 4.44. The Labute approximate surface area is 84.8 Å². The summed E-state index contributed by atoms with van der Waals surface area (Å²) < 4.78 is 5.13. The van der Waals surface area contributed by atoms with Crippen molar-refractivity contribution in [1.82, 2.24) is 0 Å². The van der Waals surface area contributed by atoms with Gasteiger partial charge in [-0.05, 0) is 31.5 Å². The molecule has 3 nitrogen and oxygen atoms in total. The van der Waals surface area contributed by atoms with Crippen LogP contribution in [0, 0.1) is 0 Å².